The maximum absolute atomic E-state index is 12.5. The number of carbonyl (C=O) groups is 2. The number of Topliss-reactive ketones (excluding diaryl/α,β-unsaturated/α-hetero) is 1. The molecular weight excluding hydrogens is 322 g/mol. The molecule has 0 unspecified atom stereocenters. The van der Waals surface area contributed by atoms with Crippen LogP contribution in [0.1, 0.15) is 62.3 Å². The smallest absolute Gasteiger partial charge is 0.342 e. The molecule has 0 aliphatic heterocycles. The number of aryl methyl sites for hydroxylation is 3. The van der Waals surface area contributed by atoms with Gasteiger partial charge in [-0.25, -0.2) is 9.59 Å². The molecule has 1 fully saturated rings. The maximum Gasteiger partial charge on any atom is 0.342 e. The van der Waals surface area contributed by atoms with Gasteiger partial charge in [-0.3, -0.25) is 4.79 Å². The fourth-order valence-electron chi connectivity index (χ4n) is 3.30. The van der Waals surface area contributed by atoms with Gasteiger partial charge in [0.1, 0.15) is 11.3 Å². The van der Waals surface area contributed by atoms with Crippen LogP contribution in [0.4, 0.5) is 0 Å². The Kier molecular flexibility index (Phi) is 4.37. The zero-order chi connectivity index (χ0) is 18.3. The number of nitrogens with zero attached hydrogens (tertiary/aromatic N) is 1. The summed E-state index contributed by atoms with van der Waals surface area (Å²) in [7, 11) is 0. The molecule has 1 aliphatic rings. The zero-order valence-corrected chi connectivity index (χ0v) is 14.8. The number of hydrogen-bond acceptors (Lipinski definition) is 5. The Morgan fingerprint density at radius 2 is 1.88 bits per heavy atom. The van der Waals surface area contributed by atoms with Crippen LogP contribution in [-0.4, -0.2) is 22.9 Å². The lowest BCUT2D eigenvalue weighted by molar-refractivity contribution is 0.0469. The van der Waals surface area contributed by atoms with Crippen LogP contribution < -0.4 is 5.63 Å². The van der Waals surface area contributed by atoms with Crippen molar-refractivity contribution in [3.63, 3.8) is 0 Å². The van der Waals surface area contributed by atoms with Crippen molar-refractivity contribution in [2.45, 2.75) is 46.6 Å². The second kappa shape index (κ2) is 6.35. The average molecular weight is 343 g/mol. The Hall–Kier alpha value is -2.63. The van der Waals surface area contributed by atoms with Gasteiger partial charge in [0.05, 0.1) is 0 Å². The Balaban J connectivity index is 1.74. The fraction of sp³-hybridized carbons (Fsp3) is 0.421. The summed E-state index contributed by atoms with van der Waals surface area (Å²) in [5.41, 5.74) is 2.69. The molecule has 6 heteroatoms. The van der Waals surface area contributed by atoms with Crippen LogP contribution >= 0.6 is 0 Å². The first-order valence-electron chi connectivity index (χ1n) is 8.29. The zero-order valence-electron chi connectivity index (χ0n) is 14.8. The van der Waals surface area contributed by atoms with Gasteiger partial charge >= 0.3 is 11.6 Å². The number of esters is 1. The minimum Gasteiger partial charge on any atom is -0.454 e. The molecule has 0 aromatic carbocycles. The van der Waals surface area contributed by atoms with Gasteiger partial charge in [-0.2, -0.15) is 0 Å². The van der Waals surface area contributed by atoms with E-state index in [0.717, 1.165) is 24.2 Å². The van der Waals surface area contributed by atoms with Crippen LogP contribution in [0.5, 0.6) is 0 Å². The van der Waals surface area contributed by atoms with Crippen LogP contribution in [0.15, 0.2) is 21.3 Å². The van der Waals surface area contributed by atoms with Crippen molar-refractivity contribution in [1.29, 1.82) is 0 Å². The quantitative estimate of drug-likeness (QED) is 0.616. The molecule has 25 heavy (non-hydrogen) atoms. The van der Waals surface area contributed by atoms with E-state index in [-0.39, 0.29) is 23.7 Å². The molecule has 2 aromatic heterocycles. The molecular formula is C19H21NO5. The monoisotopic (exact) mass is 343 g/mol. The normalized spacial score (nSPS) is 13.8. The molecule has 1 aliphatic carbocycles. The minimum absolute atomic E-state index is 0.189. The lowest BCUT2D eigenvalue weighted by Crippen LogP contribution is -2.18. The molecule has 6 nitrogen and oxygen atoms in total. The van der Waals surface area contributed by atoms with Gasteiger partial charge in [-0.1, -0.05) is 0 Å². The molecule has 0 radical (unpaired) electrons. The molecule has 0 spiro atoms. The van der Waals surface area contributed by atoms with E-state index in [1.807, 2.05) is 19.9 Å². The SMILES string of the molecule is Cc1cc(=O)oc(C)c1C(=O)OCC(=O)c1cc(C)n(C2CC2)c1C. The van der Waals surface area contributed by atoms with Gasteiger partial charge in [-0.15, -0.1) is 0 Å². The predicted octanol–water partition coefficient (Wildman–Crippen LogP) is 3.05. The summed E-state index contributed by atoms with van der Waals surface area (Å²) >= 11 is 0. The van der Waals surface area contributed by atoms with Crippen LogP contribution in [0.2, 0.25) is 0 Å². The highest BCUT2D eigenvalue weighted by Crippen LogP contribution is 2.38. The highest BCUT2D eigenvalue weighted by Gasteiger charge is 2.28. The van der Waals surface area contributed by atoms with Gasteiger partial charge < -0.3 is 13.7 Å². The van der Waals surface area contributed by atoms with Crippen molar-refractivity contribution in [3.8, 4) is 0 Å². The number of hydrogen-bond donors (Lipinski definition) is 0. The van der Waals surface area contributed by atoms with Crippen LogP contribution in [-0.2, 0) is 4.74 Å². The molecule has 0 N–H and O–H groups in total. The van der Waals surface area contributed by atoms with Crippen LogP contribution in [0, 0.1) is 27.7 Å². The van der Waals surface area contributed by atoms with Crippen molar-refractivity contribution in [2.24, 2.45) is 0 Å². The molecule has 2 aromatic rings. The maximum atomic E-state index is 12.5. The summed E-state index contributed by atoms with van der Waals surface area (Å²) in [5, 5.41) is 0. The van der Waals surface area contributed by atoms with E-state index in [9.17, 15) is 14.4 Å². The standard InChI is InChI=1S/C19H21NO5/c1-10-7-17(22)25-13(4)18(10)19(23)24-9-16(21)15-8-11(2)20(12(15)3)14-5-6-14/h7-8,14H,5-6,9H2,1-4H3. The molecule has 1 saturated carbocycles. The third-order valence-corrected chi connectivity index (χ3v) is 4.57. The van der Waals surface area contributed by atoms with Crippen molar-refractivity contribution in [3.05, 3.63) is 56.4 Å². The third kappa shape index (κ3) is 3.29. The number of ether oxygens (including phenoxy) is 1. The van der Waals surface area contributed by atoms with E-state index in [1.54, 1.807) is 6.92 Å². The predicted molar refractivity (Wildman–Crippen MR) is 91.2 cm³/mol. The molecule has 132 valence electrons. The molecule has 2 heterocycles. The van der Waals surface area contributed by atoms with Crippen molar-refractivity contribution < 1.29 is 18.7 Å². The summed E-state index contributed by atoms with van der Waals surface area (Å²) in [4.78, 5) is 36.0. The van der Waals surface area contributed by atoms with Gasteiger partial charge in [0, 0.05) is 29.1 Å². The van der Waals surface area contributed by atoms with Crippen LogP contribution in [0.25, 0.3) is 0 Å². The van der Waals surface area contributed by atoms with E-state index < -0.39 is 11.6 Å². The number of rotatable bonds is 5. The summed E-state index contributed by atoms with van der Waals surface area (Å²) < 4.78 is 12.3. The van der Waals surface area contributed by atoms with E-state index in [2.05, 4.69) is 4.57 Å². The second-order valence-corrected chi connectivity index (χ2v) is 6.56. The topological polar surface area (TPSA) is 78.5 Å². The Labute approximate surface area is 145 Å². The molecule has 0 saturated heterocycles. The van der Waals surface area contributed by atoms with Crippen molar-refractivity contribution in [2.75, 3.05) is 6.61 Å². The lowest BCUT2D eigenvalue weighted by atomic mass is 10.1. The average Bonchev–Trinajstić information content (AvgIpc) is 3.29. The highest BCUT2D eigenvalue weighted by molar-refractivity contribution is 6.00. The summed E-state index contributed by atoms with van der Waals surface area (Å²) in [6, 6.07) is 3.57. The van der Waals surface area contributed by atoms with E-state index in [4.69, 9.17) is 9.15 Å². The number of ketones is 1. The largest absolute Gasteiger partial charge is 0.454 e. The summed E-state index contributed by atoms with van der Waals surface area (Å²) in [6.07, 6.45) is 2.27. The van der Waals surface area contributed by atoms with E-state index in [1.165, 1.54) is 13.0 Å². The van der Waals surface area contributed by atoms with Crippen molar-refractivity contribution in [1.82, 2.24) is 4.57 Å². The van der Waals surface area contributed by atoms with Gasteiger partial charge in [0.2, 0.25) is 5.78 Å². The van der Waals surface area contributed by atoms with E-state index >= 15 is 0 Å². The van der Waals surface area contributed by atoms with Crippen molar-refractivity contribution >= 4 is 11.8 Å². The Bertz CT molecular complexity index is 888. The van der Waals surface area contributed by atoms with Gasteiger partial charge in [0.25, 0.3) is 0 Å². The van der Waals surface area contributed by atoms with Gasteiger partial charge in [-0.05, 0) is 52.2 Å². The summed E-state index contributed by atoms with van der Waals surface area (Å²) in [6.45, 7) is 6.71. The molecule has 0 atom stereocenters. The Morgan fingerprint density at radius 1 is 1.20 bits per heavy atom. The summed E-state index contributed by atoms with van der Waals surface area (Å²) in [5.74, 6) is -0.710. The minimum atomic E-state index is -0.664. The number of carbonyl (C=O) groups excluding carboxylic acids is 2. The highest BCUT2D eigenvalue weighted by atomic mass is 16.5. The second-order valence-electron chi connectivity index (χ2n) is 6.56. The Morgan fingerprint density at radius 3 is 2.48 bits per heavy atom. The first-order valence-corrected chi connectivity index (χ1v) is 8.29. The number of aromatic nitrogens is 1. The van der Waals surface area contributed by atoms with Crippen LogP contribution in [0.3, 0.4) is 0 Å². The fourth-order valence-corrected chi connectivity index (χ4v) is 3.30. The van der Waals surface area contributed by atoms with Gasteiger partial charge in [0.15, 0.2) is 6.61 Å². The molecule has 0 amide bonds. The van der Waals surface area contributed by atoms with E-state index in [0.29, 0.717) is 17.2 Å². The lowest BCUT2D eigenvalue weighted by Gasteiger charge is -2.09. The molecule has 3 rings (SSSR count). The third-order valence-electron chi connectivity index (χ3n) is 4.57. The first kappa shape index (κ1) is 17.2. The first-order chi connectivity index (χ1) is 11.8. The molecule has 0 bridgehead atoms.